The Hall–Kier alpha value is -1.84. The van der Waals surface area contributed by atoms with Gasteiger partial charge in [0, 0.05) is 22.7 Å². The topological polar surface area (TPSA) is 54.2 Å². The smallest absolute Gasteiger partial charge is 0.126 e. The maximum atomic E-state index is 13.5. The maximum absolute atomic E-state index is 13.5. The summed E-state index contributed by atoms with van der Waals surface area (Å²) in [7, 11) is 0. The number of nitrogens with zero attached hydrogens (tertiary/aromatic N) is 1. The highest BCUT2D eigenvalue weighted by atomic mass is 19.1. The number of rotatable bonds is 3. The Labute approximate surface area is 106 Å². The molecule has 3 N–H and O–H groups in total. The lowest BCUT2D eigenvalue weighted by atomic mass is 10.1. The average molecular weight is 247 g/mol. The normalized spacial score (nSPS) is 14.4. The number of nitrogens with two attached hydrogens (primary N) is 1. The minimum Gasteiger partial charge on any atom is -0.383 e. The molecule has 96 valence electrons. The molecular weight excluding hydrogens is 229 g/mol. The molecule has 0 aliphatic heterocycles. The van der Waals surface area contributed by atoms with Crippen LogP contribution in [0.1, 0.15) is 26.3 Å². The zero-order valence-electron chi connectivity index (χ0n) is 10.9. The van der Waals surface area contributed by atoms with Crippen molar-refractivity contribution in [3.8, 4) is 0 Å². The number of aromatic nitrogens is 1. The zero-order valence-corrected chi connectivity index (χ0v) is 10.9. The van der Waals surface area contributed by atoms with Gasteiger partial charge in [-0.1, -0.05) is 13.8 Å². The quantitative estimate of drug-likeness (QED) is 0.635. The van der Waals surface area contributed by atoms with Crippen LogP contribution in [0.4, 0.5) is 4.39 Å². The third kappa shape index (κ3) is 2.37. The summed E-state index contributed by atoms with van der Waals surface area (Å²) in [5.74, 6) is 0.481. The van der Waals surface area contributed by atoms with Gasteiger partial charge in [-0.05, 0) is 31.0 Å². The number of H-pyrrole nitrogens is 1. The number of halogens is 1. The van der Waals surface area contributed by atoms with E-state index in [1.54, 1.807) is 6.20 Å². The predicted molar refractivity (Wildman–Crippen MR) is 73.3 cm³/mol. The molecule has 1 aromatic carbocycles. The molecule has 1 aromatic heterocycles. The van der Waals surface area contributed by atoms with Gasteiger partial charge in [0.05, 0.1) is 6.04 Å². The van der Waals surface area contributed by atoms with E-state index >= 15 is 0 Å². The van der Waals surface area contributed by atoms with Crippen LogP contribution >= 0.6 is 0 Å². The monoisotopic (exact) mass is 247 g/mol. The average Bonchev–Trinajstić information content (AvgIpc) is 2.75. The third-order valence-corrected chi connectivity index (χ3v) is 3.22. The van der Waals surface area contributed by atoms with Gasteiger partial charge < -0.3 is 10.7 Å². The lowest BCUT2D eigenvalue weighted by Crippen LogP contribution is -2.19. The first-order chi connectivity index (χ1) is 8.49. The van der Waals surface area contributed by atoms with Crippen LogP contribution in [0.3, 0.4) is 0 Å². The number of fused-ring (bicyclic) bond motifs is 1. The summed E-state index contributed by atoms with van der Waals surface area (Å²) in [5.41, 5.74) is 7.39. The Morgan fingerprint density at radius 3 is 2.72 bits per heavy atom. The van der Waals surface area contributed by atoms with Crippen molar-refractivity contribution in [3.63, 3.8) is 0 Å². The molecule has 0 saturated carbocycles. The van der Waals surface area contributed by atoms with Crippen molar-refractivity contribution >= 4 is 16.7 Å². The van der Waals surface area contributed by atoms with Crippen LogP contribution < -0.4 is 5.73 Å². The Balaban J connectivity index is 2.50. The maximum Gasteiger partial charge on any atom is 0.126 e. The van der Waals surface area contributed by atoms with E-state index in [-0.39, 0.29) is 11.9 Å². The lowest BCUT2D eigenvalue weighted by molar-refractivity contribution is 0.531. The highest BCUT2D eigenvalue weighted by Gasteiger charge is 2.11. The van der Waals surface area contributed by atoms with Gasteiger partial charge in [-0.2, -0.15) is 0 Å². The minimum atomic E-state index is -0.310. The van der Waals surface area contributed by atoms with E-state index in [0.717, 1.165) is 10.9 Å². The highest BCUT2D eigenvalue weighted by molar-refractivity contribution is 6.08. The largest absolute Gasteiger partial charge is 0.383 e. The summed E-state index contributed by atoms with van der Waals surface area (Å²) in [6, 6.07) is 4.88. The van der Waals surface area contributed by atoms with Crippen LogP contribution in [0.5, 0.6) is 0 Å². The van der Waals surface area contributed by atoms with Crippen LogP contribution in [-0.4, -0.2) is 16.9 Å². The van der Waals surface area contributed by atoms with Gasteiger partial charge in [0.15, 0.2) is 0 Å². The van der Waals surface area contributed by atoms with Crippen LogP contribution in [0.25, 0.3) is 10.9 Å². The molecule has 0 aliphatic carbocycles. The first-order valence-corrected chi connectivity index (χ1v) is 6.09. The van der Waals surface area contributed by atoms with Gasteiger partial charge in [0.25, 0.3) is 0 Å². The van der Waals surface area contributed by atoms with Crippen molar-refractivity contribution in [2.24, 2.45) is 16.6 Å². The molecule has 0 fully saturated rings. The van der Waals surface area contributed by atoms with E-state index < -0.39 is 0 Å². The molecular formula is C14H18FN3. The molecule has 0 aliphatic rings. The number of aliphatic imine (C=N–C) groups is 1. The van der Waals surface area contributed by atoms with Gasteiger partial charge in [0.1, 0.15) is 11.7 Å². The van der Waals surface area contributed by atoms with Gasteiger partial charge in [0.2, 0.25) is 0 Å². The lowest BCUT2D eigenvalue weighted by Gasteiger charge is -2.12. The molecule has 3 nitrogen and oxygen atoms in total. The Bertz CT molecular complexity index is 584. The van der Waals surface area contributed by atoms with Crippen molar-refractivity contribution in [2.75, 3.05) is 0 Å². The Morgan fingerprint density at radius 1 is 1.33 bits per heavy atom. The van der Waals surface area contributed by atoms with Crippen molar-refractivity contribution in [1.29, 1.82) is 0 Å². The highest BCUT2D eigenvalue weighted by Crippen LogP contribution is 2.20. The molecule has 4 heteroatoms. The molecule has 0 saturated heterocycles. The van der Waals surface area contributed by atoms with E-state index in [1.807, 2.05) is 13.0 Å². The summed E-state index contributed by atoms with van der Waals surface area (Å²) >= 11 is 0. The van der Waals surface area contributed by atoms with Crippen LogP contribution in [0, 0.1) is 11.7 Å². The summed E-state index contributed by atoms with van der Waals surface area (Å²) in [5, 5.41) is 0.897. The number of aromatic amines is 1. The fraction of sp³-hybridized carbons (Fsp3) is 0.357. The molecule has 2 rings (SSSR count). The van der Waals surface area contributed by atoms with Crippen molar-refractivity contribution in [2.45, 2.75) is 26.8 Å². The van der Waals surface area contributed by atoms with Crippen molar-refractivity contribution < 1.29 is 4.39 Å². The van der Waals surface area contributed by atoms with Gasteiger partial charge in [-0.3, -0.25) is 4.99 Å². The van der Waals surface area contributed by atoms with Gasteiger partial charge in [-0.25, -0.2) is 4.39 Å². The first kappa shape index (κ1) is 12.6. The SMILES string of the molecule is CC(C)C(C)N=C(N)c1cc(F)cc2[nH]ccc12. The first-order valence-electron chi connectivity index (χ1n) is 6.09. The number of nitrogens with one attached hydrogen (secondary N) is 1. The van der Waals surface area contributed by atoms with Gasteiger partial charge in [-0.15, -0.1) is 0 Å². The van der Waals surface area contributed by atoms with E-state index in [4.69, 9.17) is 5.73 Å². The molecule has 0 radical (unpaired) electrons. The molecule has 0 amide bonds. The molecule has 0 bridgehead atoms. The second-order valence-corrected chi connectivity index (χ2v) is 4.89. The second kappa shape index (κ2) is 4.80. The molecule has 1 unspecified atom stereocenters. The molecule has 0 spiro atoms. The third-order valence-electron chi connectivity index (χ3n) is 3.22. The number of amidine groups is 1. The number of hydrogen-bond acceptors (Lipinski definition) is 1. The Kier molecular flexibility index (Phi) is 3.36. The van der Waals surface area contributed by atoms with E-state index in [0.29, 0.717) is 17.3 Å². The summed E-state index contributed by atoms with van der Waals surface area (Å²) in [4.78, 5) is 7.41. The molecule has 2 aromatic rings. The molecule has 1 heterocycles. The van der Waals surface area contributed by atoms with E-state index in [2.05, 4.69) is 23.8 Å². The van der Waals surface area contributed by atoms with E-state index in [9.17, 15) is 4.39 Å². The van der Waals surface area contributed by atoms with Crippen LogP contribution in [0.15, 0.2) is 29.4 Å². The van der Waals surface area contributed by atoms with Crippen molar-refractivity contribution in [3.05, 3.63) is 35.8 Å². The fourth-order valence-corrected chi connectivity index (χ4v) is 1.78. The van der Waals surface area contributed by atoms with Crippen LogP contribution in [0.2, 0.25) is 0 Å². The number of benzene rings is 1. The predicted octanol–water partition coefficient (Wildman–Crippen LogP) is 3.06. The summed E-state index contributed by atoms with van der Waals surface area (Å²) in [6.07, 6.45) is 1.77. The number of hydrogen-bond donors (Lipinski definition) is 2. The van der Waals surface area contributed by atoms with Crippen molar-refractivity contribution in [1.82, 2.24) is 4.98 Å². The van der Waals surface area contributed by atoms with E-state index in [1.165, 1.54) is 12.1 Å². The fourth-order valence-electron chi connectivity index (χ4n) is 1.78. The molecule has 1 atom stereocenters. The molecule has 18 heavy (non-hydrogen) atoms. The van der Waals surface area contributed by atoms with Gasteiger partial charge >= 0.3 is 0 Å². The standard InChI is InChI=1S/C14H18FN3/c1-8(2)9(3)18-14(16)12-6-10(15)7-13-11(12)4-5-17-13/h4-9,17H,1-3H3,(H2,16,18). The Morgan fingerprint density at radius 2 is 2.06 bits per heavy atom. The summed E-state index contributed by atoms with van der Waals surface area (Å²) < 4.78 is 13.5. The zero-order chi connectivity index (χ0) is 13.3. The summed E-state index contributed by atoms with van der Waals surface area (Å²) in [6.45, 7) is 6.17. The van der Waals surface area contributed by atoms with Crippen LogP contribution in [-0.2, 0) is 0 Å². The second-order valence-electron chi connectivity index (χ2n) is 4.89. The minimum absolute atomic E-state index is 0.113.